The average Bonchev–Trinajstić information content (AvgIpc) is 2.93. The van der Waals surface area contributed by atoms with Gasteiger partial charge in [0, 0.05) is 23.4 Å². The van der Waals surface area contributed by atoms with E-state index in [1.54, 1.807) is 42.6 Å². The summed E-state index contributed by atoms with van der Waals surface area (Å²) in [7, 11) is 0. The molecule has 3 rings (SSSR count). The third kappa shape index (κ3) is 10.0. The predicted molar refractivity (Wildman–Crippen MR) is 147 cm³/mol. The molecular formula is C32H37NO4. The number of rotatable bonds is 13. The van der Waals surface area contributed by atoms with Gasteiger partial charge < -0.3 is 14.2 Å². The number of pyridine rings is 1. The number of nitrogens with zero attached hydrogens (tertiary/aromatic N) is 1. The van der Waals surface area contributed by atoms with Gasteiger partial charge in [0.2, 0.25) is 5.88 Å². The van der Waals surface area contributed by atoms with E-state index < -0.39 is 5.97 Å². The van der Waals surface area contributed by atoms with Gasteiger partial charge in [0.15, 0.2) is 0 Å². The van der Waals surface area contributed by atoms with Crippen LogP contribution in [0.25, 0.3) is 0 Å². The smallest absolute Gasteiger partial charge is 0.343 e. The summed E-state index contributed by atoms with van der Waals surface area (Å²) in [5.74, 6) is 8.13. The molecule has 0 N–H and O–H groups in total. The Bertz CT molecular complexity index is 1160. The van der Waals surface area contributed by atoms with Crippen LogP contribution in [0.4, 0.5) is 0 Å². The second-order valence-corrected chi connectivity index (χ2v) is 9.16. The zero-order valence-electron chi connectivity index (χ0n) is 22.2. The number of aromatic nitrogens is 1. The highest BCUT2D eigenvalue weighted by Gasteiger charge is 2.09. The van der Waals surface area contributed by atoms with Crippen molar-refractivity contribution in [2.24, 2.45) is 5.92 Å². The SMILES string of the molecule is CCCCCCCOc1ccc(C(=O)Oc2ccc(C#Cc3ccnc(OC[C@@H](C)CC)c3)cc2)cc1. The highest BCUT2D eigenvalue weighted by atomic mass is 16.5. The molecule has 0 unspecified atom stereocenters. The largest absolute Gasteiger partial charge is 0.494 e. The molecule has 0 saturated carbocycles. The molecular weight excluding hydrogens is 462 g/mol. The molecule has 0 amide bonds. The molecule has 0 aliphatic carbocycles. The van der Waals surface area contributed by atoms with Crippen molar-refractivity contribution in [1.29, 1.82) is 0 Å². The van der Waals surface area contributed by atoms with Crippen molar-refractivity contribution < 1.29 is 19.0 Å². The van der Waals surface area contributed by atoms with Gasteiger partial charge in [-0.15, -0.1) is 0 Å². The minimum Gasteiger partial charge on any atom is -0.494 e. The molecule has 0 fully saturated rings. The summed E-state index contributed by atoms with van der Waals surface area (Å²) in [6.07, 6.45) is 8.74. The molecule has 5 nitrogen and oxygen atoms in total. The summed E-state index contributed by atoms with van der Waals surface area (Å²) in [6.45, 7) is 7.82. The van der Waals surface area contributed by atoms with Crippen molar-refractivity contribution in [3.63, 3.8) is 0 Å². The number of carbonyl (C=O) groups excluding carboxylic acids is 1. The van der Waals surface area contributed by atoms with Gasteiger partial charge >= 0.3 is 5.97 Å². The molecule has 194 valence electrons. The number of carbonyl (C=O) groups is 1. The van der Waals surface area contributed by atoms with Crippen LogP contribution >= 0.6 is 0 Å². The van der Waals surface area contributed by atoms with Crippen LogP contribution in [0.15, 0.2) is 66.9 Å². The van der Waals surface area contributed by atoms with Gasteiger partial charge in [-0.1, -0.05) is 64.7 Å². The van der Waals surface area contributed by atoms with Gasteiger partial charge in [-0.25, -0.2) is 9.78 Å². The monoisotopic (exact) mass is 499 g/mol. The van der Waals surface area contributed by atoms with Gasteiger partial charge in [-0.2, -0.15) is 0 Å². The fourth-order valence-electron chi connectivity index (χ4n) is 3.41. The minimum atomic E-state index is -0.411. The Labute approximate surface area is 221 Å². The van der Waals surface area contributed by atoms with Crippen LogP contribution in [0.2, 0.25) is 0 Å². The first-order valence-electron chi connectivity index (χ1n) is 13.2. The summed E-state index contributed by atoms with van der Waals surface area (Å²) in [6, 6.07) is 17.9. The Balaban J connectivity index is 1.49. The normalized spacial score (nSPS) is 11.2. The summed E-state index contributed by atoms with van der Waals surface area (Å²) in [4.78, 5) is 16.8. The quantitative estimate of drug-likeness (QED) is 0.106. The molecule has 0 saturated heterocycles. The molecule has 1 aromatic heterocycles. The van der Waals surface area contributed by atoms with E-state index in [4.69, 9.17) is 14.2 Å². The van der Waals surface area contributed by atoms with E-state index in [-0.39, 0.29) is 0 Å². The Morgan fingerprint density at radius 1 is 0.838 bits per heavy atom. The summed E-state index contributed by atoms with van der Waals surface area (Å²) < 4.78 is 17.0. The third-order valence-corrected chi connectivity index (χ3v) is 5.97. The number of ether oxygens (including phenoxy) is 3. The lowest BCUT2D eigenvalue weighted by Crippen LogP contribution is -2.08. The van der Waals surface area contributed by atoms with E-state index in [2.05, 4.69) is 37.6 Å². The lowest BCUT2D eigenvalue weighted by Gasteiger charge is -2.09. The van der Waals surface area contributed by atoms with Crippen LogP contribution in [0.1, 0.15) is 80.8 Å². The van der Waals surface area contributed by atoms with Gasteiger partial charge in [0.05, 0.1) is 18.8 Å². The van der Waals surface area contributed by atoms with Crippen molar-refractivity contribution >= 4 is 5.97 Å². The van der Waals surface area contributed by atoms with Crippen LogP contribution in [-0.4, -0.2) is 24.2 Å². The maximum absolute atomic E-state index is 12.5. The number of esters is 1. The summed E-state index contributed by atoms with van der Waals surface area (Å²) in [5, 5.41) is 0. The van der Waals surface area contributed by atoms with Crippen LogP contribution in [0.5, 0.6) is 17.4 Å². The molecule has 2 aromatic carbocycles. The summed E-state index contributed by atoms with van der Waals surface area (Å²) in [5.41, 5.74) is 2.12. The standard InChI is InChI=1S/C32H37NO4/c1-4-6-7-8-9-22-35-29-18-14-28(15-19-29)32(34)37-30-16-12-26(13-17-30)10-11-27-20-21-33-31(23-27)36-24-25(3)5-2/h12-21,23,25H,4-9,22,24H2,1-3H3/t25-/m0/s1. The van der Waals surface area contributed by atoms with Crippen molar-refractivity contribution in [2.45, 2.75) is 59.3 Å². The van der Waals surface area contributed by atoms with Crippen molar-refractivity contribution in [1.82, 2.24) is 4.98 Å². The van der Waals surface area contributed by atoms with E-state index in [9.17, 15) is 4.79 Å². The van der Waals surface area contributed by atoms with Gasteiger partial charge in [-0.05, 0) is 66.9 Å². The predicted octanol–water partition coefficient (Wildman–Crippen LogP) is 7.47. The molecule has 5 heteroatoms. The zero-order chi connectivity index (χ0) is 26.3. The highest BCUT2D eigenvalue weighted by Crippen LogP contribution is 2.17. The molecule has 0 spiro atoms. The van der Waals surface area contributed by atoms with Crippen LogP contribution in [0, 0.1) is 17.8 Å². The molecule has 3 aromatic rings. The Kier molecular flexibility index (Phi) is 11.5. The molecule has 0 aliphatic rings. The Hall–Kier alpha value is -3.78. The lowest BCUT2D eigenvalue weighted by atomic mass is 10.1. The molecule has 1 atom stereocenters. The fourth-order valence-corrected chi connectivity index (χ4v) is 3.41. The number of unbranched alkanes of at least 4 members (excludes halogenated alkanes) is 4. The summed E-state index contributed by atoms with van der Waals surface area (Å²) >= 11 is 0. The van der Waals surface area contributed by atoms with E-state index in [1.807, 2.05) is 24.3 Å². The molecule has 37 heavy (non-hydrogen) atoms. The zero-order valence-corrected chi connectivity index (χ0v) is 22.2. The molecule has 1 heterocycles. The molecule has 0 bridgehead atoms. The van der Waals surface area contributed by atoms with Crippen molar-refractivity contribution in [3.05, 3.63) is 83.6 Å². The maximum atomic E-state index is 12.5. The van der Waals surface area contributed by atoms with Crippen LogP contribution in [0.3, 0.4) is 0 Å². The maximum Gasteiger partial charge on any atom is 0.343 e. The van der Waals surface area contributed by atoms with Gasteiger partial charge in [0.25, 0.3) is 0 Å². The lowest BCUT2D eigenvalue weighted by molar-refractivity contribution is 0.0734. The second-order valence-electron chi connectivity index (χ2n) is 9.16. The molecule has 0 radical (unpaired) electrons. The average molecular weight is 500 g/mol. The van der Waals surface area contributed by atoms with Gasteiger partial charge in [0.1, 0.15) is 11.5 Å². The second kappa shape index (κ2) is 15.4. The third-order valence-electron chi connectivity index (χ3n) is 5.97. The molecule has 0 aliphatic heterocycles. The van der Waals surface area contributed by atoms with Crippen molar-refractivity contribution in [2.75, 3.05) is 13.2 Å². The van der Waals surface area contributed by atoms with E-state index in [0.717, 1.165) is 29.7 Å². The number of benzene rings is 2. The topological polar surface area (TPSA) is 57.7 Å². The fraction of sp³-hybridized carbons (Fsp3) is 0.375. The Morgan fingerprint density at radius 3 is 2.27 bits per heavy atom. The van der Waals surface area contributed by atoms with Gasteiger partial charge in [-0.3, -0.25) is 0 Å². The van der Waals surface area contributed by atoms with Crippen molar-refractivity contribution in [3.8, 4) is 29.2 Å². The van der Waals surface area contributed by atoms with Crippen LogP contribution < -0.4 is 14.2 Å². The number of hydrogen-bond acceptors (Lipinski definition) is 5. The first-order valence-corrected chi connectivity index (χ1v) is 13.2. The van der Waals surface area contributed by atoms with E-state index in [1.165, 1.54) is 25.7 Å². The Morgan fingerprint density at radius 2 is 1.54 bits per heavy atom. The van der Waals surface area contributed by atoms with E-state index in [0.29, 0.717) is 36.3 Å². The van der Waals surface area contributed by atoms with E-state index >= 15 is 0 Å². The highest BCUT2D eigenvalue weighted by molar-refractivity contribution is 5.91. The first kappa shape index (κ1) is 27.8. The number of hydrogen-bond donors (Lipinski definition) is 0. The minimum absolute atomic E-state index is 0.411. The first-order chi connectivity index (χ1) is 18.1. The van der Waals surface area contributed by atoms with Crippen LogP contribution in [-0.2, 0) is 0 Å².